The third-order valence-corrected chi connectivity index (χ3v) is 3.51. The van der Waals surface area contributed by atoms with Gasteiger partial charge in [-0.2, -0.15) is 5.10 Å². The van der Waals surface area contributed by atoms with Crippen LogP contribution in [0.3, 0.4) is 0 Å². The average molecular weight is 241 g/mol. The molecule has 17 heavy (non-hydrogen) atoms. The Kier molecular flexibility index (Phi) is 2.42. The minimum Gasteiger partial charge on any atom is -0.382 e. The van der Waals surface area contributed by atoms with Crippen LogP contribution >= 0.6 is 11.3 Å². The van der Waals surface area contributed by atoms with E-state index in [0.717, 1.165) is 21.7 Å². The van der Waals surface area contributed by atoms with Gasteiger partial charge < -0.3 is 5.73 Å². The summed E-state index contributed by atoms with van der Waals surface area (Å²) in [5.41, 5.74) is 9.00. The van der Waals surface area contributed by atoms with Crippen LogP contribution in [0.1, 0.15) is 0 Å². The molecule has 3 N–H and O–H groups in total. The van der Waals surface area contributed by atoms with Crippen LogP contribution in [0.4, 0.5) is 5.82 Å². The van der Waals surface area contributed by atoms with Gasteiger partial charge in [-0.3, -0.25) is 5.10 Å². The summed E-state index contributed by atoms with van der Waals surface area (Å²) in [4.78, 5) is 1.13. The number of thiophene rings is 1. The normalized spacial score (nSPS) is 10.6. The molecule has 0 aliphatic carbocycles. The molecule has 0 unspecified atom stereocenters. The molecule has 84 valence electrons. The van der Waals surface area contributed by atoms with Gasteiger partial charge in [-0.1, -0.05) is 36.4 Å². The second-order valence-corrected chi connectivity index (χ2v) is 4.65. The number of hydrogen-bond donors (Lipinski definition) is 2. The highest BCUT2D eigenvalue weighted by Gasteiger charge is 2.14. The van der Waals surface area contributed by atoms with Gasteiger partial charge in [0, 0.05) is 10.4 Å². The average Bonchev–Trinajstić information content (AvgIpc) is 2.99. The molecule has 2 heterocycles. The maximum Gasteiger partial charge on any atom is 0.154 e. The van der Waals surface area contributed by atoms with Crippen molar-refractivity contribution in [3.05, 3.63) is 47.8 Å². The van der Waals surface area contributed by atoms with Crippen molar-refractivity contribution in [2.45, 2.75) is 0 Å². The molecular weight excluding hydrogens is 230 g/mol. The topological polar surface area (TPSA) is 54.7 Å². The van der Waals surface area contributed by atoms with E-state index in [9.17, 15) is 0 Å². The highest BCUT2D eigenvalue weighted by atomic mass is 32.1. The van der Waals surface area contributed by atoms with E-state index in [4.69, 9.17) is 5.73 Å². The van der Waals surface area contributed by atoms with Crippen molar-refractivity contribution in [3.8, 4) is 21.7 Å². The Balaban J connectivity index is 2.20. The molecule has 0 radical (unpaired) electrons. The lowest BCUT2D eigenvalue weighted by atomic mass is 10.1. The summed E-state index contributed by atoms with van der Waals surface area (Å²) < 4.78 is 0. The number of hydrogen-bond acceptors (Lipinski definition) is 3. The molecule has 3 rings (SSSR count). The maximum absolute atomic E-state index is 5.93. The Morgan fingerprint density at radius 2 is 1.88 bits per heavy atom. The summed E-state index contributed by atoms with van der Waals surface area (Å²) in [6, 6.07) is 14.2. The van der Waals surface area contributed by atoms with Crippen LogP contribution in [0.5, 0.6) is 0 Å². The lowest BCUT2D eigenvalue weighted by molar-refractivity contribution is 1.10. The third-order valence-electron chi connectivity index (χ3n) is 2.62. The molecule has 0 aliphatic heterocycles. The predicted octanol–water partition coefficient (Wildman–Crippen LogP) is 3.39. The number of anilines is 1. The molecule has 0 aliphatic rings. The number of nitrogen functional groups attached to an aromatic ring is 1. The molecule has 0 bridgehead atoms. The number of benzene rings is 1. The fourth-order valence-electron chi connectivity index (χ4n) is 1.84. The van der Waals surface area contributed by atoms with Gasteiger partial charge in [-0.15, -0.1) is 11.3 Å². The highest BCUT2D eigenvalue weighted by Crippen LogP contribution is 2.36. The van der Waals surface area contributed by atoms with Crippen LogP contribution in [-0.4, -0.2) is 10.2 Å². The first-order valence-electron chi connectivity index (χ1n) is 5.29. The number of rotatable bonds is 2. The van der Waals surface area contributed by atoms with E-state index in [2.05, 4.69) is 16.3 Å². The summed E-state index contributed by atoms with van der Waals surface area (Å²) in [5.74, 6) is 0.548. The minimum absolute atomic E-state index is 0.548. The largest absolute Gasteiger partial charge is 0.382 e. The standard InChI is InChI=1S/C13H11N3S/c14-13-11(10-7-4-8-17-10)12(15-16-13)9-5-2-1-3-6-9/h1-8H,(H3,14,15,16). The lowest BCUT2D eigenvalue weighted by Crippen LogP contribution is -1.86. The highest BCUT2D eigenvalue weighted by molar-refractivity contribution is 7.13. The summed E-state index contributed by atoms with van der Waals surface area (Å²) >= 11 is 1.66. The molecule has 0 atom stereocenters. The van der Waals surface area contributed by atoms with Crippen LogP contribution in [0.2, 0.25) is 0 Å². The van der Waals surface area contributed by atoms with Crippen molar-refractivity contribution in [1.82, 2.24) is 10.2 Å². The van der Waals surface area contributed by atoms with E-state index >= 15 is 0 Å². The van der Waals surface area contributed by atoms with Crippen molar-refractivity contribution in [2.24, 2.45) is 0 Å². The summed E-state index contributed by atoms with van der Waals surface area (Å²) in [6.07, 6.45) is 0. The van der Waals surface area contributed by atoms with Crippen molar-refractivity contribution >= 4 is 17.2 Å². The van der Waals surface area contributed by atoms with Gasteiger partial charge in [0.15, 0.2) is 5.82 Å². The Labute approximate surface area is 103 Å². The first-order chi connectivity index (χ1) is 8.36. The number of nitrogens with zero attached hydrogens (tertiary/aromatic N) is 1. The van der Waals surface area contributed by atoms with Crippen molar-refractivity contribution in [2.75, 3.05) is 5.73 Å². The molecule has 2 aromatic heterocycles. The zero-order valence-electron chi connectivity index (χ0n) is 9.05. The van der Waals surface area contributed by atoms with Gasteiger partial charge in [-0.25, -0.2) is 0 Å². The van der Waals surface area contributed by atoms with Crippen LogP contribution in [-0.2, 0) is 0 Å². The van der Waals surface area contributed by atoms with E-state index in [-0.39, 0.29) is 0 Å². The SMILES string of the molecule is Nc1n[nH]c(-c2ccccc2)c1-c1cccs1. The van der Waals surface area contributed by atoms with Crippen molar-refractivity contribution < 1.29 is 0 Å². The van der Waals surface area contributed by atoms with Crippen molar-refractivity contribution in [3.63, 3.8) is 0 Å². The number of aromatic nitrogens is 2. The van der Waals surface area contributed by atoms with Gasteiger partial charge in [0.2, 0.25) is 0 Å². The molecular formula is C13H11N3S. The molecule has 0 amide bonds. The third kappa shape index (κ3) is 1.72. The molecule has 3 nitrogen and oxygen atoms in total. The van der Waals surface area contributed by atoms with Gasteiger partial charge in [0.1, 0.15) is 0 Å². The molecule has 0 fully saturated rings. The molecule has 0 spiro atoms. The predicted molar refractivity (Wildman–Crippen MR) is 71.7 cm³/mol. The van der Waals surface area contributed by atoms with Gasteiger partial charge in [0.05, 0.1) is 11.3 Å². The molecule has 3 aromatic rings. The fraction of sp³-hybridized carbons (Fsp3) is 0. The van der Waals surface area contributed by atoms with E-state index in [1.807, 2.05) is 41.8 Å². The van der Waals surface area contributed by atoms with E-state index in [1.165, 1.54) is 0 Å². The Bertz CT molecular complexity index is 611. The molecule has 0 saturated carbocycles. The van der Waals surface area contributed by atoms with Crippen LogP contribution in [0, 0.1) is 0 Å². The number of nitrogens with two attached hydrogens (primary N) is 1. The maximum atomic E-state index is 5.93. The number of aromatic amines is 1. The Morgan fingerprint density at radius 3 is 2.59 bits per heavy atom. The van der Waals surface area contributed by atoms with Gasteiger partial charge in [0.25, 0.3) is 0 Å². The van der Waals surface area contributed by atoms with E-state index in [1.54, 1.807) is 11.3 Å². The quantitative estimate of drug-likeness (QED) is 0.722. The monoisotopic (exact) mass is 241 g/mol. The van der Waals surface area contributed by atoms with Crippen LogP contribution in [0.25, 0.3) is 21.7 Å². The minimum atomic E-state index is 0.548. The van der Waals surface area contributed by atoms with E-state index in [0.29, 0.717) is 5.82 Å². The summed E-state index contributed by atoms with van der Waals surface area (Å²) in [5, 5.41) is 9.16. The number of H-pyrrole nitrogens is 1. The van der Waals surface area contributed by atoms with E-state index < -0.39 is 0 Å². The first-order valence-corrected chi connectivity index (χ1v) is 6.17. The zero-order chi connectivity index (χ0) is 11.7. The second kappa shape index (κ2) is 4.07. The smallest absolute Gasteiger partial charge is 0.154 e. The molecule has 0 saturated heterocycles. The van der Waals surface area contributed by atoms with Gasteiger partial charge in [-0.05, 0) is 11.4 Å². The Morgan fingerprint density at radius 1 is 1.06 bits per heavy atom. The first kappa shape index (κ1) is 10.1. The summed E-state index contributed by atoms with van der Waals surface area (Å²) in [7, 11) is 0. The molecule has 4 heteroatoms. The lowest BCUT2D eigenvalue weighted by Gasteiger charge is -2.01. The van der Waals surface area contributed by atoms with Crippen molar-refractivity contribution in [1.29, 1.82) is 0 Å². The number of nitrogens with one attached hydrogen (secondary N) is 1. The summed E-state index contributed by atoms with van der Waals surface area (Å²) in [6.45, 7) is 0. The Hall–Kier alpha value is -2.07. The second-order valence-electron chi connectivity index (χ2n) is 3.70. The van der Waals surface area contributed by atoms with Crippen LogP contribution in [0.15, 0.2) is 47.8 Å². The molecule has 1 aromatic carbocycles. The van der Waals surface area contributed by atoms with Crippen LogP contribution < -0.4 is 5.73 Å². The zero-order valence-corrected chi connectivity index (χ0v) is 9.87. The van der Waals surface area contributed by atoms with Gasteiger partial charge >= 0.3 is 0 Å². The fourth-order valence-corrected chi connectivity index (χ4v) is 2.63.